The quantitative estimate of drug-likeness (QED) is 0.322. The lowest BCUT2D eigenvalue weighted by atomic mass is 9.94. The molecule has 1 aliphatic rings. The number of aryl methyl sites for hydroxylation is 3. The normalized spacial score (nSPS) is 15.8. The maximum Gasteiger partial charge on any atom is 0.251 e. The van der Waals surface area contributed by atoms with Gasteiger partial charge in [0.05, 0.1) is 0 Å². The van der Waals surface area contributed by atoms with E-state index in [4.69, 9.17) is 0 Å². The van der Waals surface area contributed by atoms with E-state index in [0.29, 0.717) is 24.4 Å². The summed E-state index contributed by atoms with van der Waals surface area (Å²) in [5, 5.41) is 0. The Balaban J connectivity index is 1.53. The van der Waals surface area contributed by atoms with Gasteiger partial charge in [-0.1, -0.05) is 0 Å². The van der Waals surface area contributed by atoms with E-state index in [0.717, 1.165) is 70.9 Å². The third-order valence-corrected chi connectivity index (χ3v) is 8.84. The lowest BCUT2D eigenvalue weighted by Gasteiger charge is -2.39. The summed E-state index contributed by atoms with van der Waals surface area (Å²) in [7, 11) is 6.33. The first-order valence-electron chi connectivity index (χ1n) is 14.3. The molecular formula is C32H42N6O2. The highest BCUT2D eigenvalue weighted by atomic mass is 16.1. The van der Waals surface area contributed by atoms with Crippen LogP contribution in [0, 0.1) is 20.8 Å². The van der Waals surface area contributed by atoms with Gasteiger partial charge >= 0.3 is 0 Å². The van der Waals surface area contributed by atoms with Crippen molar-refractivity contribution in [3.05, 3.63) is 80.8 Å². The molecule has 0 bridgehead atoms. The van der Waals surface area contributed by atoms with Crippen LogP contribution in [0.25, 0.3) is 16.9 Å². The maximum absolute atomic E-state index is 13.8. The summed E-state index contributed by atoms with van der Waals surface area (Å²) in [6, 6.07) is 6.86. The molecule has 0 amide bonds. The number of carbonyl (C=O) groups excluding carboxylic acids is 1. The first-order valence-corrected chi connectivity index (χ1v) is 14.3. The molecule has 212 valence electrons. The molecule has 0 saturated carbocycles. The van der Waals surface area contributed by atoms with Gasteiger partial charge in [0.1, 0.15) is 5.82 Å². The van der Waals surface area contributed by atoms with Crippen molar-refractivity contribution in [3.8, 4) is 11.4 Å². The predicted molar refractivity (Wildman–Crippen MR) is 160 cm³/mol. The predicted octanol–water partition coefficient (Wildman–Crippen LogP) is 4.86. The topological polar surface area (TPSA) is 78.6 Å². The highest BCUT2D eigenvalue weighted by molar-refractivity contribution is 5.99. The number of aromatic nitrogens is 4. The fourth-order valence-corrected chi connectivity index (χ4v) is 6.47. The smallest absolute Gasteiger partial charge is 0.251 e. The van der Waals surface area contributed by atoms with Crippen molar-refractivity contribution in [1.29, 1.82) is 0 Å². The summed E-state index contributed by atoms with van der Waals surface area (Å²) in [5.74, 6) is 0.965. The van der Waals surface area contributed by atoms with Crippen LogP contribution in [0.15, 0.2) is 41.6 Å². The largest absolute Gasteiger partial charge is 0.334 e. The summed E-state index contributed by atoms with van der Waals surface area (Å²) >= 11 is 0. The lowest BCUT2D eigenvalue weighted by Crippen LogP contribution is -2.43. The highest BCUT2D eigenvalue weighted by Gasteiger charge is 2.28. The maximum atomic E-state index is 13.8. The summed E-state index contributed by atoms with van der Waals surface area (Å²) in [6.45, 7) is 10.2. The third kappa shape index (κ3) is 5.30. The number of aromatic amines is 1. The second-order valence-corrected chi connectivity index (χ2v) is 11.7. The van der Waals surface area contributed by atoms with E-state index >= 15 is 0 Å². The second kappa shape index (κ2) is 11.2. The second-order valence-electron chi connectivity index (χ2n) is 11.7. The molecule has 0 aliphatic carbocycles. The van der Waals surface area contributed by atoms with Gasteiger partial charge in [-0.25, -0.2) is 4.98 Å². The minimum atomic E-state index is -0.0980. The van der Waals surface area contributed by atoms with Crippen molar-refractivity contribution in [2.45, 2.75) is 65.5 Å². The Morgan fingerprint density at radius 3 is 2.50 bits per heavy atom. The average Bonchev–Trinajstić information content (AvgIpc) is 3.52. The number of nitrogens with zero attached hydrogens (tertiary/aromatic N) is 5. The van der Waals surface area contributed by atoms with Crippen molar-refractivity contribution < 1.29 is 4.79 Å². The minimum Gasteiger partial charge on any atom is -0.334 e. The number of fused-ring (bicyclic) bond motifs is 1. The number of hydrogen-bond acceptors (Lipinski definition) is 5. The molecule has 0 spiro atoms. The number of piperidine rings is 1. The molecule has 4 aromatic rings. The zero-order chi connectivity index (χ0) is 28.7. The molecule has 8 heteroatoms. The Kier molecular flexibility index (Phi) is 7.84. The van der Waals surface area contributed by atoms with Crippen molar-refractivity contribution in [2.75, 3.05) is 27.2 Å². The molecule has 8 nitrogen and oxygen atoms in total. The zero-order valence-electron chi connectivity index (χ0n) is 24.9. The number of pyridine rings is 2. The van der Waals surface area contributed by atoms with Crippen LogP contribution in [0.1, 0.15) is 70.7 Å². The molecule has 5 rings (SSSR count). The summed E-state index contributed by atoms with van der Waals surface area (Å²) in [6.07, 6.45) is 8.90. The SMILES string of the molecule is Cc1cc(C)c(CCC(=O)c2cc3cc(-c4nccn4C)cn3c(C(C)N3CCC(N(C)C)CC3)c2C)c(=O)[nH]1. The summed E-state index contributed by atoms with van der Waals surface area (Å²) in [5.41, 5.74) is 7.27. The van der Waals surface area contributed by atoms with Crippen LogP contribution in [0.2, 0.25) is 0 Å². The van der Waals surface area contributed by atoms with E-state index in [1.165, 1.54) is 0 Å². The Hall–Kier alpha value is -3.49. The Morgan fingerprint density at radius 1 is 1.15 bits per heavy atom. The van der Waals surface area contributed by atoms with Crippen molar-refractivity contribution in [1.82, 2.24) is 28.7 Å². The number of carbonyl (C=O) groups is 1. The first-order chi connectivity index (χ1) is 19.0. The number of imidazole rings is 1. The Labute approximate surface area is 236 Å². The van der Waals surface area contributed by atoms with E-state index in [2.05, 4.69) is 64.4 Å². The number of nitrogens with one attached hydrogen (secondary N) is 1. The Morgan fingerprint density at radius 2 is 1.88 bits per heavy atom. The molecule has 4 aromatic heterocycles. The van der Waals surface area contributed by atoms with E-state index < -0.39 is 0 Å². The summed E-state index contributed by atoms with van der Waals surface area (Å²) in [4.78, 5) is 38.7. The van der Waals surface area contributed by atoms with Gasteiger partial charge in [-0.05, 0) is 90.4 Å². The third-order valence-electron chi connectivity index (χ3n) is 8.84. The summed E-state index contributed by atoms with van der Waals surface area (Å²) < 4.78 is 4.28. The number of H-pyrrole nitrogens is 1. The van der Waals surface area contributed by atoms with Crippen molar-refractivity contribution in [2.24, 2.45) is 7.05 Å². The van der Waals surface area contributed by atoms with Crippen LogP contribution in [-0.2, 0) is 13.5 Å². The van der Waals surface area contributed by atoms with Crippen LogP contribution < -0.4 is 5.56 Å². The van der Waals surface area contributed by atoms with Gasteiger partial charge in [0.25, 0.3) is 5.56 Å². The molecule has 0 aromatic carbocycles. The molecule has 1 unspecified atom stereocenters. The van der Waals surface area contributed by atoms with Gasteiger partial charge in [0, 0.05) is 90.8 Å². The number of Topliss-reactive ketones (excluding diaryl/α,β-unsaturated/α-hetero) is 1. The zero-order valence-corrected chi connectivity index (χ0v) is 24.9. The van der Waals surface area contributed by atoms with Crippen LogP contribution in [0.3, 0.4) is 0 Å². The standard InChI is InChI=1S/C32H42N6O2/c1-20-16-21(2)34-32(40)27(20)8-9-29(39)28-18-26-17-24(31-33-12-15-36(31)7)19-38(26)30(22(28)3)23(4)37-13-10-25(11-14-37)35(5)6/h12,15-19,23,25H,8-11,13-14H2,1-7H3,(H,34,40). The van der Waals surface area contributed by atoms with Crippen molar-refractivity contribution >= 4 is 11.3 Å². The number of likely N-dealkylation sites (tertiary alicyclic amines) is 1. The average molecular weight is 543 g/mol. The molecule has 0 radical (unpaired) electrons. The monoisotopic (exact) mass is 542 g/mol. The molecule has 1 aliphatic heterocycles. The van der Waals surface area contributed by atoms with Gasteiger partial charge < -0.3 is 18.9 Å². The number of ketones is 1. The van der Waals surface area contributed by atoms with Crippen molar-refractivity contribution in [3.63, 3.8) is 0 Å². The first kappa shape index (κ1) is 28.1. The van der Waals surface area contributed by atoms with Gasteiger partial charge in [-0.2, -0.15) is 0 Å². The van der Waals surface area contributed by atoms with Gasteiger partial charge in [0.15, 0.2) is 5.78 Å². The van der Waals surface area contributed by atoms with Gasteiger partial charge in [-0.15, -0.1) is 0 Å². The van der Waals surface area contributed by atoms with E-state index in [1.807, 2.05) is 50.0 Å². The molecule has 40 heavy (non-hydrogen) atoms. The molecule has 5 heterocycles. The van der Waals surface area contributed by atoms with Crippen LogP contribution in [-0.4, -0.2) is 67.7 Å². The lowest BCUT2D eigenvalue weighted by molar-refractivity contribution is 0.0980. The van der Waals surface area contributed by atoms with Crippen LogP contribution >= 0.6 is 0 Å². The highest BCUT2D eigenvalue weighted by Crippen LogP contribution is 2.33. The van der Waals surface area contributed by atoms with E-state index in [-0.39, 0.29) is 17.4 Å². The molecule has 1 saturated heterocycles. The van der Waals surface area contributed by atoms with Gasteiger partial charge in [0.2, 0.25) is 0 Å². The Bertz CT molecular complexity index is 1600. The molecule has 1 atom stereocenters. The van der Waals surface area contributed by atoms with E-state index in [9.17, 15) is 9.59 Å². The number of hydrogen-bond donors (Lipinski definition) is 1. The van der Waals surface area contributed by atoms with Crippen LogP contribution in [0.4, 0.5) is 0 Å². The van der Waals surface area contributed by atoms with Gasteiger partial charge in [-0.3, -0.25) is 14.5 Å². The van der Waals surface area contributed by atoms with Crippen LogP contribution in [0.5, 0.6) is 0 Å². The molecular weight excluding hydrogens is 500 g/mol. The van der Waals surface area contributed by atoms with E-state index in [1.54, 1.807) is 0 Å². The fourth-order valence-electron chi connectivity index (χ4n) is 6.47. The molecule has 1 N–H and O–H groups in total. The molecule has 1 fully saturated rings. The fraction of sp³-hybridized carbons (Fsp3) is 0.469. The number of rotatable bonds is 8. The minimum absolute atomic E-state index is 0.0684.